The molecule has 1 aliphatic rings. The SMILES string of the molecule is O=C(NCc1nc2ccccc2[nH]1)c1ccc(Cl)c(S(=O)(=O)N2CCCCCC2)c1. The molecule has 2 aromatic carbocycles. The van der Waals surface area contributed by atoms with Crippen LogP contribution >= 0.6 is 11.6 Å². The van der Waals surface area contributed by atoms with E-state index in [1.54, 1.807) is 0 Å². The summed E-state index contributed by atoms with van der Waals surface area (Å²) < 4.78 is 27.7. The molecule has 0 unspecified atom stereocenters. The number of para-hydroxylation sites is 2. The molecule has 0 radical (unpaired) electrons. The number of imidazole rings is 1. The number of hydrogen-bond donors (Lipinski definition) is 2. The Morgan fingerprint density at radius 2 is 1.83 bits per heavy atom. The maximum Gasteiger partial charge on any atom is 0.251 e. The summed E-state index contributed by atoms with van der Waals surface area (Å²) in [4.78, 5) is 20.2. The molecular weight excluding hydrogens is 424 g/mol. The molecule has 1 aliphatic heterocycles. The summed E-state index contributed by atoms with van der Waals surface area (Å²) in [6.07, 6.45) is 3.69. The Kier molecular flexibility index (Phi) is 6.08. The predicted octanol–water partition coefficient (Wildman–Crippen LogP) is 3.71. The Morgan fingerprint density at radius 3 is 2.57 bits per heavy atom. The summed E-state index contributed by atoms with van der Waals surface area (Å²) in [5.41, 5.74) is 1.95. The van der Waals surface area contributed by atoms with E-state index in [9.17, 15) is 13.2 Å². The van der Waals surface area contributed by atoms with Crippen molar-refractivity contribution in [1.29, 1.82) is 0 Å². The fourth-order valence-electron chi connectivity index (χ4n) is 3.62. The minimum atomic E-state index is -3.75. The van der Waals surface area contributed by atoms with E-state index in [-0.39, 0.29) is 27.9 Å². The van der Waals surface area contributed by atoms with Gasteiger partial charge < -0.3 is 10.3 Å². The summed E-state index contributed by atoms with van der Waals surface area (Å²) in [6.45, 7) is 1.15. The van der Waals surface area contributed by atoms with Crippen molar-refractivity contribution >= 4 is 38.6 Å². The fourth-order valence-corrected chi connectivity index (χ4v) is 5.64. The van der Waals surface area contributed by atoms with Crippen molar-refractivity contribution in [1.82, 2.24) is 19.6 Å². The van der Waals surface area contributed by atoms with Crippen LogP contribution in [0.2, 0.25) is 5.02 Å². The van der Waals surface area contributed by atoms with Crippen LogP contribution in [0.5, 0.6) is 0 Å². The van der Waals surface area contributed by atoms with Crippen molar-refractivity contribution in [3.05, 3.63) is 58.9 Å². The maximum atomic E-state index is 13.1. The average Bonchev–Trinajstić information content (AvgIpc) is 2.95. The Labute approximate surface area is 180 Å². The van der Waals surface area contributed by atoms with Gasteiger partial charge in [-0.25, -0.2) is 13.4 Å². The molecular formula is C21H23ClN4O3S. The van der Waals surface area contributed by atoms with E-state index < -0.39 is 10.0 Å². The molecule has 1 aromatic heterocycles. The highest BCUT2D eigenvalue weighted by molar-refractivity contribution is 7.89. The van der Waals surface area contributed by atoms with Crippen LogP contribution in [0, 0.1) is 0 Å². The molecule has 0 spiro atoms. The van der Waals surface area contributed by atoms with Crippen molar-refractivity contribution in [2.75, 3.05) is 13.1 Å². The first-order chi connectivity index (χ1) is 14.4. The zero-order valence-electron chi connectivity index (χ0n) is 16.4. The summed E-state index contributed by atoms with van der Waals surface area (Å²) >= 11 is 6.21. The van der Waals surface area contributed by atoms with Gasteiger partial charge in [0.25, 0.3) is 5.91 Å². The van der Waals surface area contributed by atoms with E-state index in [0.29, 0.717) is 18.9 Å². The van der Waals surface area contributed by atoms with Crippen molar-refractivity contribution < 1.29 is 13.2 Å². The first-order valence-corrected chi connectivity index (χ1v) is 11.8. The molecule has 158 valence electrons. The van der Waals surface area contributed by atoms with Crippen LogP contribution in [0.4, 0.5) is 0 Å². The molecule has 1 fully saturated rings. The molecule has 0 saturated carbocycles. The second-order valence-corrected chi connectivity index (χ2v) is 9.66. The number of rotatable bonds is 5. The van der Waals surface area contributed by atoms with Gasteiger partial charge in [-0.15, -0.1) is 0 Å². The topological polar surface area (TPSA) is 95.2 Å². The molecule has 4 rings (SSSR count). The number of carbonyl (C=O) groups is 1. The molecule has 0 bridgehead atoms. The van der Waals surface area contributed by atoms with Gasteiger partial charge in [-0.1, -0.05) is 36.6 Å². The third kappa shape index (κ3) is 4.35. The molecule has 1 saturated heterocycles. The molecule has 9 heteroatoms. The molecule has 30 heavy (non-hydrogen) atoms. The molecule has 2 heterocycles. The summed E-state index contributed by atoms with van der Waals surface area (Å²) in [5.74, 6) is 0.232. The average molecular weight is 447 g/mol. The third-order valence-corrected chi connectivity index (χ3v) is 7.61. The van der Waals surface area contributed by atoms with Crippen molar-refractivity contribution in [3.8, 4) is 0 Å². The zero-order valence-corrected chi connectivity index (χ0v) is 18.0. The molecule has 1 amide bonds. The number of sulfonamides is 1. The Morgan fingerprint density at radius 1 is 1.10 bits per heavy atom. The van der Waals surface area contributed by atoms with Gasteiger partial charge in [0, 0.05) is 18.7 Å². The van der Waals surface area contributed by atoms with Crippen LogP contribution in [-0.4, -0.2) is 41.7 Å². The highest BCUT2D eigenvalue weighted by atomic mass is 35.5. The van der Waals surface area contributed by atoms with E-state index in [4.69, 9.17) is 11.6 Å². The Bertz CT molecular complexity index is 1130. The lowest BCUT2D eigenvalue weighted by Gasteiger charge is -2.21. The monoisotopic (exact) mass is 446 g/mol. The normalized spacial score (nSPS) is 15.8. The maximum absolute atomic E-state index is 13.1. The number of aromatic amines is 1. The number of aromatic nitrogens is 2. The molecule has 3 aromatic rings. The van der Waals surface area contributed by atoms with E-state index >= 15 is 0 Å². The minimum Gasteiger partial charge on any atom is -0.345 e. The zero-order chi connectivity index (χ0) is 21.1. The minimum absolute atomic E-state index is 0.0255. The van der Waals surface area contributed by atoms with Crippen LogP contribution in [0.3, 0.4) is 0 Å². The first kappa shape index (κ1) is 20.8. The first-order valence-electron chi connectivity index (χ1n) is 9.97. The van der Waals surface area contributed by atoms with Gasteiger partial charge >= 0.3 is 0 Å². The number of fused-ring (bicyclic) bond motifs is 1. The number of hydrogen-bond acceptors (Lipinski definition) is 4. The number of H-pyrrole nitrogens is 1. The van der Waals surface area contributed by atoms with Crippen molar-refractivity contribution in [3.63, 3.8) is 0 Å². The van der Waals surface area contributed by atoms with Crippen LogP contribution in [0.25, 0.3) is 11.0 Å². The Balaban J connectivity index is 1.52. The number of carbonyl (C=O) groups excluding carboxylic acids is 1. The van der Waals surface area contributed by atoms with Gasteiger partial charge in [-0.05, 0) is 43.2 Å². The predicted molar refractivity (Wildman–Crippen MR) is 116 cm³/mol. The van der Waals surface area contributed by atoms with E-state index in [1.807, 2.05) is 24.3 Å². The number of amides is 1. The molecule has 0 aliphatic carbocycles. The van der Waals surface area contributed by atoms with Crippen LogP contribution in [0.15, 0.2) is 47.4 Å². The van der Waals surface area contributed by atoms with Gasteiger partial charge in [-0.3, -0.25) is 4.79 Å². The fraction of sp³-hybridized carbons (Fsp3) is 0.333. The van der Waals surface area contributed by atoms with Crippen LogP contribution in [-0.2, 0) is 16.6 Å². The second-order valence-electron chi connectivity index (χ2n) is 7.35. The van der Waals surface area contributed by atoms with Crippen LogP contribution < -0.4 is 5.32 Å². The highest BCUT2D eigenvalue weighted by Crippen LogP contribution is 2.27. The highest BCUT2D eigenvalue weighted by Gasteiger charge is 2.28. The Hall–Kier alpha value is -2.42. The lowest BCUT2D eigenvalue weighted by atomic mass is 10.2. The van der Waals surface area contributed by atoms with Gasteiger partial charge in [0.05, 0.1) is 22.6 Å². The molecule has 2 N–H and O–H groups in total. The second kappa shape index (κ2) is 8.75. The van der Waals surface area contributed by atoms with E-state index in [0.717, 1.165) is 36.7 Å². The van der Waals surface area contributed by atoms with Gasteiger partial charge in [-0.2, -0.15) is 4.31 Å². The van der Waals surface area contributed by atoms with Crippen molar-refractivity contribution in [2.24, 2.45) is 0 Å². The number of nitrogens with one attached hydrogen (secondary N) is 2. The summed E-state index contributed by atoms with van der Waals surface area (Å²) in [7, 11) is -3.75. The lowest BCUT2D eigenvalue weighted by Crippen LogP contribution is -2.32. The summed E-state index contributed by atoms with van der Waals surface area (Å²) in [6, 6.07) is 11.9. The summed E-state index contributed by atoms with van der Waals surface area (Å²) in [5, 5.41) is 2.90. The third-order valence-electron chi connectivity index (χ3n) is 5.23. The number of halogens is 1. The van der Waals surface area contributed by atoms with Gasteiger partial charge in [0.15, 0.2) is 0 Å². The largest absolute Gasteiger partial charge is 0.345 e. The molecule has 7 nitrogen and oxygen atoms in total. The number of nitrogens with zero attached hydrogens (tertiary/aromatic N) is 2. The standard InChI is InChI=1S/C21H23ClN4O3S/c22-16-10-9-15(13-19(16)30(28,29)26-11-5-1-2-6-12-26)21(27)23-14-20-24-17-7-3-4-8-18(17)25-20/h3-4,7-10,13H,1-2,5-6,11-12,14H2,(H,23,27)(H,24,25). The van der Waals surface area contributed by atoms with Gasteiger partial charge in [0.2, 0.25) is 10.0 Å². The smallest absolute Gasteiger partial charge is 0.251 e. The lowest BCUT2D eigenvalue weighted by molar-refractivity contribution is 0.0949. The number of benzene rings is 2. The van der Waals surface area contributed by atoms with E-state index in [1.165, 1.54) is 22.5 Å². The van der Waals surface area contributed by atoms with E-state index in [2.05, 4.69) is 15.3 Å². The van der Waals surface area contributed by atoms with Crippen molar-refractivity contribution in [2.45, 2.75) is 37.1 Å². The quantitative estimate of drug-likeness (QED) is 0.624. The molecule has 0 atom stereocenters. The van der Waals surface area contributed by atoms with Gasteiger partial charge in [0.1, 0.15) is 10.7 Å². The van der Waals surface area contributed by atoms with Crippen LogP contribution in [0.1, 0.15) is 41.9 Å².